The van der Waals surface area contributed by atoms with E-state index in [1.54, 1.807) is 0 Å². The van der Waals surface area contributed by atoms with Crippen LogP contribution in [0.4, 0.5) is 0 Å². The molecule has 1 heterocycles. The Morgan fingerprint density at radius 3 is 1.80 bits per heavy atom. The van der Waals surface area contributed by atoms with E-state index in [2.05, 4.69) is 54.8 Å². The van der Waals surface area contributed by atoms with Crippen LogP contribution in [0.1, 0.15) is 168 Å². The maximum atomic E-state index is 12.4. The molecule has 0 radical (unpaired) electrons. The van der Waals surface area contributed by atoms with Gasteiger partial charge in [-0.25, -0.2) is 4.57 Å². The quantitative estimate of drug-likeness (QED) is 0.0220. The molecular formula is C39H69O9P. The number of esters is 2. The Hall–Kier alpha value is -1.77. The average Bonchev–Trinajstić information content (AvgIpc) is 3.82. The van der Waals surface area contributed by atoms with Gasteiger partial charge < -0.3 is 24.0 Å². The predicted octanol–water partition coefficient (Wildman–Crippen LogP) is 10.4. The molecule has 2 N–H and O–H groups in total. The Morgan fingerprint density at radius 1 is 0.653 bits per heavy atom. The lowest BCUT2D eigenvalue weighted by Crippen LogP contribution is -2.29. The minimum absolute atomic E-state index is 0.190. The molecule has 1 fully saturated rings. The summed E-state index contributed by atoms with van der Waals surface area (Å²) in [7, 11) is -4.76. The number of allylic oxidation sites excluding steroid dienone is 5. The second-order valence-corrected chi connectivity index (χ2v) is 14.5. The molecule has 49 heavy (non-hydrogen) atoms. The van der Waals surface area contributed by atoms with Crippen LogP contribution in [0, 0.1) is 0 Å². The van der Waals surface area contributed by atoms with Gasteiger partial charge in [0.25, 0.3) is 0 Å². The summed E-state index contributed by atoms with van der Waals surface area (Å²) in [6.45, 7) is 3.59. The number of unbranched alkanes of at least 4 members (excludes halogenated alkanes) is 15. The fourth-order valence-corrected chi connectivity index (χ4v) is 5.89. The molecule has 1 saturated heterocycles. The molecule has 2 unspecified atom stereocenters. The van der Waals surface area contributed by atoms with Crippen molar-refractivity contribution in [1.29, 1.82) is 0 Å². The van der Waals surface area contributed by atoms with Gasteiger partial charge in [-0.1, -0.05) is 121 Å². The third-order valence-corrected chi connectivity index (χ3v) is 9.04. The van der Waals surface area contributed by atoms with Gasteiger partial charge in [-0.3, -0.25) is 14.1 Å². The van der Waals surface area contributed by atoms with E-state index in [4.69, 9.17) is 24.0 Å². The monoisotopic (exact) mass is 712 g/mol. The fraction of sp³-hybridized carbons (Fsp3) is 0.795. The number of carbonyl (C=O) groups excluding carboxylic acids is 2. The first-order valence-electron chi connectivity index (χ1n) is 19.4. The first-order chi connectivity index (χ1) is 23.7. The standard InChI is InChI=1S/C39H69O9P/c1-3-5-7-8-9-10-11-12-13-14-15-16-21-24-28-32-39(41)47-35(34-46-49(42,43)44)33-45-38(40)31-27-23-20-18-17-19-22-26-30-37-36(48-37)29-25-6-4-2/h9-10,12-13,22,26,35-37H,3-8,11,14-21,23-25,27-34H2,1-2H3,(H2,42,43,44)/b10-9-,13-12-,26-22-/t35-,36?,37?/m1/s1. The van der Waals surface area contributed by atoms with Gasteiger partial charge in [0.2, 0.25) is 0 Å². The molecule has 0 bridgehead atoms. The van der Waals surface area contributed by atoms with Crippen LogP contribution in [0.25, 0.3) is 0 Å². The Morgan fingerprint density at radius 2 is 1.18 bits per heavy atom. The van der Waals surface area contributed by atoms with Gasteiger partial charge in [-0.05, 0) is 70.6 Å². The largest absolute Gasteiger partial charge is 0.469 e. The normalized spacial score (nSPS) is 17.0. The zero-order valence-corrected chi connectivity index (χ0v) is 31.7. The highest BCUT2D eigenvalue weighted by Crippen LogP contribution is 2.36. The number of hydrogen-bond donors (Lipinski definition) is 2. The second-order valence-electron chi connectivity index (χ2n) is 13.3. The first-order valence-corrected chi connectivity index (χ1v) is 20.9. The van der Waals surface area contributed by atoms with Crippen molar-refractivity contribution in [3.63, 3.8) is 0 Å². The van der Waals surface area contributed by atoms with E-state index in [0.29, 0.717) is 25.0 Å². The number of ether oxygens (including phenoxy) is 3. The Labute approximate surface area is 297 Å². The van der Waals surface area contributed by atoms with Crippen LogP contribution in [-0.4, -0.2) is 53.3 Å². The lowest BCUT2D eigenvalue weighted by Gasteiger charge is -2.18. The van der Waals surface area contributed by atoms with Gasteiger partial charge in [0.15, 0.2) is 6.10 Å². The van der Waals surface area contributed by atoms with E-state index in [1.807, 2.05) is 0 Å². The summed E-state index contributed by atoms with van der Waals surface area (Å²) in [5, 5.41) is 0. The van der Waals surface area contributed by atoms with E-state index in [-0.39, 0.29) is 19.4 Å². The number of epoxide rings is 1. The van der Waals surface area contributed by atoms with Crippen LogP contribution in [0.2, 0.25) is 0 Å². The highest BCUT2D eigenvalue weighted by Gasteiger charge is 2.36. The summed E-state index contributed by atoms with van der Waals surface area (Å²) in [4.78, 5) is 42.7. The molecule has 0 aromatic rings. The summed E-state index contributed by atoms with van der Waals surface area (Å²) < 4.78 is 32.0. The van der Waals surface area contributed by atoms with Crippen molar-refractivity contribution < 1.29 is 42.7 Å². The molecule has 0 saturated carbocycles. The SMILES string of the molecule is CCCCC/C=C\C/C=C\CCCCCCCC(=O)O[C@H](COC(=O)CCCCCCC/C=C\CC1OC1CCCCC)COP(=O)(O)O. The molecular weight excluding hydrogens is 643 g/mol. The van der Waals surface area contributed by atoms with Gasteiger partial charge in [0.1, 0.15) is 6.61 Å². The summed E-state index contributed by atoms with van der Waals surface area (Å²) in [5.41, 5.74) is 0. The van der Waals surface area contributed by atoms with Crippen molar-refractivity contribution in [2.45, 2.75) is 186 Å². The molecule has 0 aromatic heterocycles. The Kier molecular flexibility index (Phi) is 28.6. The molecule has 0 spiro atoms. The first kappa shape index (κ1) is 45.3. The molecule has 3 atom stereocenters. The summed E-state index contributed by atoms with van der Waals surface area (Å²) >= 11 is 0. The summed E-state index contributed by atoms with van der Waals surface area (Å²) in [5.74, 6) is -0.924. The second kappa shape index (κ2) is 31.0. The van der Waals surface area contributed by atoms with Crippen molar-refractivity contribution in [1.82, 2.24) is 0 Å². The fourth-order valence-electron chi connectivity index (χ4n) is 5.53. The van der Waals surface area contributed by atoms with E-state index in [1.165, 1.54) is 51.4 Å². The van der Waals surface area contributed by atoms with Gasteiger partial charge in [0.05, 0.1) is 18.8 Å². The van der Waals surface area contributed by atoms with Crippen LogP contribution in [0.3, 0.4) is 0 Å². The number of carbonyl (C=O) groups is 2. The van der Waals surface area contributed by atoms with Crippen LogP contribution >= 0.6 is 7.82 Å². The topological polar surface area (TPSA) is 132 Å². The zero-order chi connectivity index (χ0) is 35.8. The van der Waals surface area contributed by atoms with Gasteiger partial charge in [-0.15, -0.1) is 0 Å². The van der Waals surface area contributed by atoms with Crippen LogP contribution in [-0.2, 0) is 32.9 Å². The van der Waals surface area contributed by atoms with Crippen molar-refractivity contribution >= 4 is 19.8 Å². The van der Waals surface area contributed by atoms with Crippen molar-refractivity contribution in [3.8, 4) is 0 Å². The molecule has 0 aromatic carbocycles. The molecule has 284 valence electrons. The summed E-state index contributed by atoms with van der Waals surface area (Å²) in [6, 6.07) is 0. The predicted molar refractivity (Wildman–Crippen MR) is 197 cm³/mol. The molecule has 1 rings (SSSR count). The van der Waals surface area contributed by atoms with Gasteiger partial charge >= 0.3 is 19.8 Å². The van der Waals surface area contributed by atoms with Crippen molar-refractivity contribution in [2.24, 2.45) is 0 Å². The smallest absolute Gasteiger partial charge is 0.462 e. The highest BCUT2D eigenvalue weighted by atomic mass is 31.2. The maximum Gasteiger partial charge on any atom is 0.469 e. The van der Waals surface area contributed by atoms with E-state index in [9.17, 15) is 14.2 Å². The minimum Gasteiger partial charge on any atom is -0.462 e. The maximum absolute atomic E-state index is 12.4. The molecule has 0 amide bonds. The zero-order valence-electron chi connectivity index (χ0n) is 30.8. The summed E-state index contributed by atoms with van der Waals surface area (Å²) in [6.07, 6.45) is 37.5. The van der Waals surface area contributed by atoms with Gasteiger partial charge in [0, 0.05) is 12.8 Å². The van der Waals surface area contributed by atoms with E-state index < -0.39 is 32.5 Å². The number of phosphoric acid groups is 1. The lowest BCUT2D eigenvalue weighted by molar-refractivity contribution is -0.161. The average molecular weight is 713 g/mol. The molecule has 1 aliphatic heterocycles. The minimum atomic E-state index is -4.76. The van der Waals surface area contributed by atoms with Crippen molar-refractivity contribution in [3.05, 3.63) is 36.5 Å². The Balaban J connectivity index is 2.10. The Bertz CT molecular complexity index is 958. The van der Waals surface area contributed by atoms with E-state index >= 15 is 0 Å². The molecule has 0 aliphatic carbocycles. The van der Waals surface area contributed by atoms with Crippen LogP contribution in [0.15, 0.2) is 36.5 Å². The van der Waals surface area contributed by atoms with E-state index in [0.717, 1.165) is 77.0 Å². The molecule has 9 nitrogen and oxygen atoms in total. The van der Waals surface area contributed by atoms with Gasteiger partial charge in [-0.2, -0.15) is 0 Å². The van der Waals surface area contributed by atoms with Crippen LogP contribution in [0.5, 0.6) is 0 Å². The number of phosphoric ester groups is 1. The lowest BCUT2D eigenvalue weighted by atomic mass is 10.1. The highest BCUT2D eigenvalue weighted by molar-refractivity contribution is 7.46. The third kappa shape index (κ3) is 30.8. The third-order valence-electron chi connectivity index (χ3n) is 8.56. The van der Waals surface area contributed by atoms with Crippen LogP contribution < -0.4 is 0 Å². The molecule has 10 heteroatoms. The van der Waals surface area contributed by atoms with Crippen molar-refractivity contribution in [2.75, 3.05) is 13.2 Å². The number of hydrogen-bond acceptors (Lipinski definition) is 7. The number of rotatable bonds is 34. The molecule has 1 aliphatic rings.